The van der Waals surface area contributed by atoms with Gasteiger partial charge in [-0.1, -0.05) is 0 Å². The molecule has 0 unspecified atom stereocenters. The third kappa shape index (κ3) is 5.37. The summed E-state index contributed by atoms with van der Waals surface area (Å²) in [6.45, 7) is 7.58. The Hall–Kier alpha value is -0.370. The molecule has 3 rings (SSSR count). The number of nitrogens with one attached hydrogen (secondary N) is 1. The van der Waals surface area contributed by atoms with E-state index in [9.17, 15) is 0 Å². The molecule has 0 aromatic carbocycles. The quantitative estimate of drug-likeness (QED) is 0.447. The van der Waals surface area contributed by atoms with Crippen molar-refractivity contribution in [1.82, 2.24) is 10.2 Å². The molecule has 0 bridgehead atoms. The van der Waals surface area contributed by atoms with Gasteiger partial charge in [-0.05, 0) is 38.8 Å². The van der Waals surface area contributed by atoms with Gasteiger partial charge in [-0.15, -0.1) is 24.0 Å². The molecular weight excluding hydrogens is 409 g/mol. The molecule has 0 amide bonds. The highest BCUT2D eigenvalue weighted by atomic mass is 127. The number of nitrogens with zero attached hydrogens (tertiary/aromatic N) is 2. The molecule has 2 heterocycles. The van der Waals surface area contributed by atoms with Gasteiger partial charge in [0.05, 0.1) is 6.26 Å². The minimum Gasteiger partial charge on any atom is -0.469 e. The predicted molar refractivity (Wildman–Crippen MR) is 104 cm³/mol. The lowest BCUT2D eigenvalue weighted by molar-refractivity contribution is 0.374. The maximum absolute atomic E-state index is 5.38. The second kappa shape index (κ2) is 7.95. The molecule has 2 fully saturated rings. The third-order valence-corrected chi connectivity index (χ3v) is 5.13. The topological polar surface area (TPSA) is 40.8 Å². The summed E-state index contributed by atoms with van der Waals surface area (Å²) in [5, 5.41) is 3.61. The van der Waals surface area contributed by atoms with Gasteiger partial charge in [0.1, 0.15) is 5.76 Å². The second-order valence-electron chi connectivity index (χ2n) is 6.48. The number of hydrogen-bond acceptors (Lipinski definition) is 3. The molecule has 4 nitrogen and oxygen atoms in total. The first-order valence-corrected chi connectivity index (χ1v) is 8.83. The zero-order valence-electron chi connectivity index (χ0n) is 13.4. The van der Waals surface area contributed by atoms with Crippen LogP contribution in [0.25, 0.3) is 0 Å². The number of thioether (sulfide) groups is 1. The molecular formula is C16H26IN3OS. The Morgan fingerprint density at radius 1 is 1.50 bits per heavy atom. The first kappa shape index (κ1) is 18.0. The van der Waals surface area contributed by atoms with Crippen LogP contribution in [0, 0.1) is 0 Å². The molecule has 1 N–H and O–H groups in total. The molecule has 1 aliphatic carbocycles. The zero-order valence-corrected chi connectivity index (χ0v) is 16.5. The van der Waals surface area contributed by atoms with Crippen LogP contribution < -0.4 is 5.32 Å². The summed E-state index contributed by atoms with van der Waals surface area (Å²) in [5.41, 5.74) is 0. The van der Waals surface area contributed by atoms with Gasteiger partial charge in [0.2, 0.25) is 0 Å². The fourth-order valence-electron chi connectivity index (χ4n) is 2.57. The first-order chi connectivity index (χ1) is 10.1. The van der Waals surface area contributed by atoms with Crippen LogP contribution in [-0.4, -0.2) is 47.0 Å². The monoisotopic (exact) mass is 435 g/mol. The molecule has 0 radical (unpaired) electrons. The van der Waals surface area contributed by atoms with Crippen molar-refractivity contribution in [2.24, 2.45) is 4.99 Å². The summed E-state index contributed by atoms with van der Waals surface area (Å²) in [6.07, 6.45) is 5.16. The van der Waals surface area contributed by atoms with Gasteiger partial charge in [0.25, 0.3) is 0 Å². The maximum Gasteiger partial charge on any atom is 0.194 e. The van der Waals surface area contributed by atoms with E-state index < -0.39 is 0 Å². The molecule has 0 spiro atoms. The van der Waals surface area contributed by atoms with Crippen LogP contribution in [0.3, 0.4) is 0 Å². The van der Waals surface area contributed by atoms with E-state index in [1.165, 1.54) is 18.6 Å². The standard InChI is InChI=1S/C16H25N3OS.HI/c1-16(2)12-19(9-11-21-16)15(18-13-5-6-13)17-8-7-14-4-3-10-20-14;/h3-4,10,13H,5-9,11-12H2,1-2H3,(H,17,18);1H. The maximum atomic E-state index is 5.38. The molecule has 1 aromatic heterocycles. The van der Waals surface area contributed by atoms with Gasteiger partial charge < -0.3 is 14.6 Å². The van der Waals surface area contributed by atoms with Gasteiger partial charge in [-0.3, -0.25) is 4.99 Å². The number of hydrogen-bond donors (Lipinski definition) is 1. The van der Waals surface area contributed by atoms with Gasteiger partial charge in [-0.2, -0.15) is 11.8 Å². The molecule has 1 saturated carbocycles. The summed E-state index contributed by atoms with van der Waals surface area (Å²) in [7, 11) is 0. The lowest BCUT2D eigenvalue weighted by atomic mass is 10.2. The van der Waals surface area contributed by atoms with Crippen molar-refractivity contribution in [2.45, 2.75) is 43.9 Å². The second-order valence-corrected chi connectivity index (χ2v) is 8.29. The van der Waals surface area contributed by atoms with Crippen LogP contribution in [0.4, 0.5) is 0 Å². The normalized spacial score (nSPS) is 21.4. The third-order valence-electron chi connectivity index (χ3n) is 3.84. The van der Waals surface area contributed by atoms with E-state index in [0.29, 0.717) is 10.8 Å². The molecule has 2 aliphatic rings. The first-order valence-electron chi connectivity index (χ1n) is 7.85. The molecule has 22 heavy (non-hydrogen) atoms. The fourth-order valence-corrected chi connectivity index (χ4v) is 3.68. The van der Waals surface area contributed by atoms with Crippen LogP contribution in [0.1, 0.15) is 32.4 Å². The van der Waals surface area contributed by atoms with E-state index in [0.717, 1.165) is 37.8 Å². The Morgan fingerprint density at radius 2 is 2.32 bits per heavy atom. The van der Waals surface area contributed by atoms with Crippen molar-refractivity contribution in [3.63, 3.8) is 0 Å². The van der Waals surface area contributed by atoms with Crippen molar-refractivity contribution in [3.05, 3.63) is 24.2 Å². The van der Waals surface area contributed by atoms with E-state index in [1.807, 2.05) is 12.1 Å². The number of aliphatic imine (C=N–C) groups is 1. The lowest BCUT2D eigenvalue weighted by Gasteiger charge is -2.39. The smallest absolute Gasteiger partial charge is 0.194 e. The van der Waals surface area contributed by atoms with E-state index >= 15 is 0 Å². The number of furan rings is 1. The Kier molecular flexibility index (Phi) is 6.49. The zero-order chi connectivity index (χ0) is 14.7. The van der Waals surface area contributed by atoms with E-state index in [4.69, 9.17) is 9.41 Å². The summed E-state index contributed by atoms with van der Waals surface area (Å²) < 4.78 is 5.69. The molecule has 124 valence electrons. The van der Waals surface area contributed by atoms with Crippen molar-refractivity contribution in [2.75, 3.05) is 25.4 Å². The molecule has 1 saturated heterocycles. The minimum atomic E-state index is 0. The predicted octanol–water partition coefficient (Wildman–Crippen LogP) is 3.38. The van der Waals surface area contributed by atoms with Crippen molar-refractivity contribution < 1.29 is 4.42 Å². The van der Waals surface area contributed by atoms with Crippen LogP contribution in [-0.2, 0) is 6.42 Å². The highest BCUT2D eigenvalue weighted by Gasteiger charge is 2.31. The number of halogens is 1. The molecule has 6 heteroatoms. The highest BCUT2D eigenvalue weighted by molar-refractivity contribution is 14.0. The Morgan fingerprint density at radius 3 is 2.95 bits per heavy atom. The van der Waals surface area contributed by atoms with Crippen LogP contribution in [0.5, 0.6) is 0 Å². The van der Waals surface area contributed by atoms with Crippen LogP contribution >= 0.6 is 35.7 Å². The van der Waals surface area contributed by atoms with Gasteiger partial charge in [0, 0.05) is 42.6 Å². The summed E-state index contributed by atoms with van der Waals surface area (Å²) in [4.78, 5) is 7.26. The average molecular weight is 435 g/mol. The Bertz CT molecular complexity index is 486. The summed E-state index contributed by atoms with van der Waals surface area (Å²) in [6, 6.07) is 4.60. The van der Waals surface area contributed by atoms with Gasteiger partial charge >= 0.3 is 0 Å². The molecule has 1 aliphatic heterocycles. The SMILES string of the molecule is CC1(C)CN(C(=NCCc2ccco2)NC2CC2)CCS1.I. The summed E-state index contributed by atoms with van der Waals surface area (Å²) in [5.74, 6) is 3.28. The van der Waals surface area contributed by atoms with Gasteiger partial charge in [-0.25, -0.2) is 0 Å². The largest absolute Gasteiger partial charge is 0.469 e. The molecule has 0 atom stereocenters. The highest BCUT2D eigenvalue weighted by Crippen LogP contribution is 2.30. The minimum absolute atomic E-state index is 0. The van der Waals surface area contributed by atoms with Crippen molar-refractivity contribution >= 4 is 41.7 Å². The number of rotatable bonds is 4. The van der Waals surface area contributed by atoms with E-state index in [1.54, 1.807) is 6.26 Å². The molecule has 1 aromatic rings. The Labute approximate surface area is 154 Å². The lowest BCUT2D eigenvalue weighted by Crippen LogP contribution is -2.51. The van der Waals surface area contributed by atoms with Crippen molar-refractivity contribution in [1.29, 1.82) is 0 Å². The van der Waals surface area contributed by atoms with Crippen molar-refractivity contribution in [3.8, 4) is 0 Å². The van der Waals surface area contributed by atoms with Crippen LogP contribution in [0.2, 0.25) is 0 Å². The average Bonchev–Trinajstić information content (AvgIpc) is 3.10. The fraction of sp³-hybridized carbons (Fsp3) is 0.688. The van der Waals surface area contributed by atoms with Crippen LogP contribution in [0.15, 0.2) is 27.8 Å². The van der Waals surface area contributed by atoms with Gasteiger partial charge in [0.15, 0.2) is 5.96 Å². The van der Waals surface area contributed by atoms with E-state index in [-0.39, 0.29) is 24.0 Å². The summed E-state index contributed by atoms with van der Waals surface area (Å²) >= 11 is 2.06. The van der Waals surface area contributed by atoms with E-state index in [2.05, 4.69) is 35.8 Å². The number of guanidine groups is 1. The Balaban J connectivity index is 0.00000176.